The van der Waals surface area contributed by atoms with Crippen LogP contribution in [0.3, 0.4) is 0 Å². The summed E-state index contributed by atoms with van der Waals surface area (Å²) in [6.45, 7) is 4.39. The van der Waals surface area contributed by atoms with Crippen molar-refractivity contribution in [2.75, 3.05) is 0 Å². The van der Waals surface area contributed by atoms with Crippen LogP contribution in [-0.4, -0.2) is 0 Å². The molecular weight excluding hydrogens is 334 g/mol. The summed E-state index contributed by atoms with van der Waals surface area (Å²) in [6.07, 6.45) is 0.786. The van der Waals surface area contributed by atoms with E-state index in [1.54, 1.807) is 0 Å². The largest absolute Gasteiger partial charge is 0.324 e. The average molecular weight is 353 g/mol. The van der Waals surface area contributed by atoms with Gasteiger partial charge in [0.2, 0.25) is 0 Å². The van der Waals surface area contributed by atoms with Gasteiger partial charge in [-0.3, -0.25) is 0 Å². The highest BCUT2D eigenvalue weighted by Gasteiger charge is 2.13. The normalized spacial score (nSPS) is 12.7. The fourth-order valence-electron chi connectivity index (χ4n) is 2.21. The molecule has 2 N–H and O–H groups in total. The molecule has 0 saturated carbocycles. The van der Waals surface area contributed by atoms with Gasteiger partial charge >= 0.3 is 0 Å². The van der Waals surface area contributed by atoms with Crippen LogP contribution < -0.4 is 5.73 Å². The van der Waals surface area contributed by atoms with Gasteiger partial charge in [0.05, 0.1) is 5.02 Å². The Morgan fingerprint density at radius 2 is 1.75 bits per heavy atom. The third-order valence-electron chi connectivity index (χ3n) is 3.48. The van der Waals surface area contributed by atoms with Gasteiger partial charge in [-0.15, -0.1) is 0 Å². The first-order valence-corrected chi connectivity index (χ1v) is 7.94. The topological polar surface area (TPSA) is 26.0 Å². The number of hydrogen-bond donors (Lipinski definition) is 1. The summed E-state index contributed by atoms with van der Waals surface area (Å²) in [5, 5.41) is 0.707. The van der Waals surface area contributed by atoms with Crippen molar-refractivity contribution in [3.8, 4) is 0 Å². The van der Waals surface area contributed by atoms with Crippen molar-refractivity contribution in [2.24, 2.45) is 5.73 Å². The Labute approximate surface area is 134 Å². The first-order valence-electron chi connectivity index (χ1n) is 6.77. The average Bonchev–Trinajstić information content (AvgIpc) is 2.42. The predicted octanol–water partition coefficient (Wildman–Crippen LogP) is 5.47. The molecule has 2 rings (SSSR count). The summed E-state index contributed by atoms with van der Waals surface area (Å²) in [5.41, 5.74) is 9.85. The number of benzene rings is 2. The number of rotatable bonds is 4. The molecule has 0 amide bonds. The van der Waals surface area contributed by atoms with Crippen LogP contribution in [0, 0.1) is 0 Å². The first kappa shape index (κ1) is 15.6. The van der Waals surface area contributed by atoms with E-state index >= 15 is 0 Å². The van der Waals surface area contributed by atoms with E-state index in [1.807, 2.05) is 18.2 Å². The van der Waals surface area contributed by atoms with Crippen LogP contribution in [0.15, 0.2) is 46.9 Å². The third kappa shape index (κ3) is 3.63. The maximum absolute atomic E-state index is 6.29. The molecule has 0 aliphatic carbocycles. The van der Waals surface area contributed by atoms with Gasteiger partial charge in [-0.05, 0) is 51.0 Å². The van der Waals surface area contributed by atoms with Gasteiger partial charge < -0.3 is 5.73 Å². The Hall–Kier alpha value is -0.830. The molecule has 2 aromatic carbocycles. The molecule has 1 nitrogen and oxygen atoms in total. The maximum Gasteiger partial charge on any atom is 0.0595 e. The minimum absolute atomic E-state index is 0.0927. The predicted molar refractivity (Wildman–Crippen MR) is 90.3 cm³/mol. The highest BCUT2D eigenvalue weighted by atomic mass is 79.9. The third-order valence-corrected chi connectivity index (χ3v) is 4.79. The van der Waals surface area contributed by atoms with Crippen LogP contribution in [0.25, 0.3) is 0 Å². The van der Waals surface area contributed by atoms with Crippen LogP contribution in [-0.2, 0) is 6.42 Å². The first-order chi connectivity index (χ1) is 9.49. The maximum atomic E-state index is 6.29. The van der Waals surface area contributed by atoms with Crippen molar-refractivity contribution in [3.63, 3.8) is 0 Å². The lowest BCUT2D eigenvalue weighted by Gasteiger charge is -2.15. The highest BCUT2D eigenvalue weighted by Crippen LogP contribution is 2.30. The van der Waals surface area contributed by atoms with Crippen molar-refractivity contribution in [2.45, 2.75) is 32.2 Å². The van der Waals surface area contributed by atoms with Crippen molar-refractivity contribution < 1.29 is 0 Å². The van der Waals surface area contributed by atoms with Crippen LogP contribution in [0.4, 0.5) is 0 Å². The van der Waals surface area contributed by atoms with E-state index in [0.29, 0.717) is 10.9 Å². The molecule has 0 saturated heterocycles. The quantitative estimate of drug-likeness (QED) is 0.776. The molecule has 0 aromatic heterocycles. The summed E-state index contributed by atoms with van der Waals surface area (Å²) in [4.78, 5) is 0. The molecule has 106 valence electrons. The van der Waals surface area contributed by atoms with Gasteiger partial charge in [0, 0.05) is 10.5 Å². The van der Waals surface area contributed by atoms with Gasteiger partial charge in [0.25, 0.3) is 0 Å². The molecule has 0 radical (unpaired) electrons. The zero-order chi connectivity index (χ0) is 14.7. The fraction of sp³-hybridized carbons (Fsp3) is 0.294. The van der Waals surface area contributed by atoms with E-state index in [4.69, 9.17) is 17.3 Å². The Morgan fingerprint density at radius 1 is 1.10 bits per heavy atom. The summed E-state index contributed by atoms with van der Waals surface area (Å²) in [6, 6.07) is 14.4. The second-order valence-corrected chi connectivity index (χ2v) is 6.58. The van der Waals surface area contributed by atoms with E-state index in [0.717, 1.165) is 16.5 Å². The Kier molecular flexibility index (Phi) is 5.25. The monoisotopic (exact) mass is 351 g/mol. The fourth-order valence-corrected chi connectivity index (χ4v) is 2.86. The van der Waals surface area contributed by atoms with Crippen LogP contribution in [0.2, 0.25) is 5.02 Å². The zero-order valence-electron chi connectivity index (χ0n) is 11.7. The van der Waals surface area contributed by atoms with Crippen LogP contribution in [0.5, 0.6) is 0 Å². The summed E-state index contributed by atoms with van der Waals surface area (Å²) in [7, 11) is 0. The molecule has 2 aromatic rings. The zero-order valence-corrected chi connectivity index (χ0v) is 14.1. The SMILES string of the molecule is CC(C)c1ccc(CC(N)c2cccc(Br)c2Cl)cc1. The molecule has 0 heterocycles. The second kappa shape index (κ2) is 6.75. The molecule has 0 aliphatic rings. The molecule has 0 bridgehead atoms. The lowest BCUT2D eigenvalue weighted by atomic mass is 9.96. The van der Waals surface area contributed by atoms with E-state index in [9.17, 15) is 0 Å². The lowest BCUT2D eigenvalue weighted by molar-refractivity contribution is 0.721. The molecule has 0 fully saturated rings. The Bertz CT molecular complexity index is 578. The lowest BCUT2D eigenvalue weighted by Crippen LogP contribution is -2.14. The second-order valence-electron chi connectivity index (χ2n) is 5.35. The van der Waals surface area contributed by atoms with Crippen molar-refractivity contribution in [3.05, 3.63) is 68.7 Å². The van der Waals surface area contributed by atoms with Crippen molar-refractivity contribution in [1.29, 1.82) is 0 Å². The molecule has 0 aliphatic heterocycles. The van der Waals surface area contributed by atoms with Crippen molar-refractivity contribution in [1.82, 2.24) is 0 Å². The summed E-state index contributed by atoms with van der Waals surface area (Å²) < 4.78 is 0.891. The number of halogens is 2. The molecule has 1 unspecified atom stereocenters. The Morgan fingerprint density at radius 3 is 2.35 bits per heavy atom. The van der Waals surface area contributed by atoms with E-state index in [2.05, 4.69) is 54.0 Å². The minimum atomic E-state index is -0.0927. The Balaban J connectivity index is 2.15. The molecule has 0 spiro atoms. The van der Waals surface area contributed by atoms with Gasteiger partial charge in [0.1, 0.15) is 0 Å². The highest BCUT2D eigenvalue weighted by molar-refractivity contribution is 9.10. The van der Waals surface area contributed by atoms with Crippen LogP contribution in [0.1, 0.15) is 42.5 Å². The smallest absolute Gasteiger partial charge is 0.0595 e. The number of nitrogens with two attached hydrogens (primary N) is 1. The van der Waals surface area contributed by atoms with Gasteiger partial charge in [-0.1, -0.05) is 61.8 Å². The van der Waals surface area contributed by atoms with E-state index < -0.39 is 0 Å². The standard InChI is InChI=1S/C17H19BrClN/c1-11(2)13-8-6-12(7-9-13)10-16(20)14-4-3-5-15(18)17(14)19/h3-9,11,16H,10,20H2,1-2H3. The van der Waals surface area contributed by atoms with Crippen LogP contribution >= 0.6 is 27.5 Å². The van der Waals surface area contributed by atoms with Crippen molar-refractivity contribution >= 4 is 27.5 Å². The molecule has 1 atom stereocenters. The molecule has 20 heavy (non-hydrogen) atoms. The summed E-state index contributed by atoms with van der Waals surface area (Å²) in [5.74, 6) is 0.553. The number of hydrogen-bond acceptors (Lipinski definition) is 1. The summed E-state index contributed by atoms with van der Waals surface area (Å²) >= 11 is 9.73. The van der Waals surface area contributed by atoms with E-state index in [-0.39, 0.29) is 6.04 Å². The van der Waals surface area contributed by atoms with Gasteiger partial charge in [0.15, 0.2) is 0 Å². The minimum Gasteiger partial charge on any atom is -0.324 e. The van der Waals surface area contributed by atoms with E-state index in [1.165, 1.54) is 11.1 Å². The molecular formula is C17H19BrClN. The molecule has 3 heteroatoms. The van der Waals surface area contributed by atoms with Gasteiger partial charge in [-0.25, -0.2) is 0 Å². The van der Waals surface area contributed by atoms with Gasteiger partial charge in [-0.2, -0.15) is 0 Å².